The van der Waals surface area contributed by atoms with Gasteiger partial charge in [-0.2, -0.15) is 0 Å². The Labute approximate surface area is 92.0 Å². The quantitative estimate of drug-likeness (QED) is 0.595. The highest BCUT2D eigenvalue weighted by molar-refractivity contribution is 6.09. The number of rotatable bonds is 2. The van der Waals surface area contributed by atoms with Crippen molar-refractivity contribution in [3.63, 3.8) is 0 Å². The Morgan fingerprint density at radius 1 is 1.19 bits per heavy atom. The summed E-state index contributed by atoms with van der Waals surface area (Å²) in [6, 6.07) is 10.4. The molecule has 0 aliphatic rings. The van der Waals surface area contributed by atoms with Gasteiger partial charge in [0.2, 0.25) is 5.91 Å². The van der Waals surface area contributed by atoms with Crippen molar-refractivity contribution in [2.45, 2.75) is 0 Å². The number of fused-ring (bicyclic) bond motifs is 1. The number of aliphatic imine (C=N–C) groups is 1. The molecule has 16 heavy (non-hydrogen) atoms. The SMILES string of the molecule is NC(=O)c1cccc2c(N=C[O-])cccc12. The standard InChI is InChI=1S/C12H10N2O2/c13-12(16)10-5-1-4-9-8(10)3-2-6-11(9)14-7-15/h1-7H,(H2,13,16)(H,14,15)/p-1. The molecular formula is C12H9N2O2-. The van der Waals surface area contributed by atoms with Crippen LogP contribution in [0.15, 0.2) is 41.4 Å². The van der Waals surface area contributed by atoms with Crippen LogP contribution in [0.3, 0.4) is 0 Å². The highest BCUT2D eigenvalue weighted by Gasteiger charge is 2.07. The first-order chi connectivity index (χ1) is 7.74. The summed E-state index contributed by atoms with van der Waals surface area (Å²) in [6.45, 7) is 0. The summed E-state index contributed by atoms with van der Waals surface area (Å²) in [6.07, 6.45) is 0.478. The molecule has 0 bridgehead atoms. The number of primary amides is 1. The Balaban J connectivity index is 2.81. The summed E-state index contributed by atoms with van der Waals surface area (Å²) in [5.74, 6) is -0.492. The molecule has 1 amide bonds. The molecule has 0 heterocycles. The molecule has 0 fully saturated rings. The lowest BCUT2D eigenvalue weighted by atomic mass is 10.0. The fraction of sp³-hybridized carbons (Fsp3) is 0. The van der Waals surface area contributed by atoms with Crippen LogP contribution in [0, 0.1) is 0 Å². The Morgan fingerprint density at radius 3 is 2.56 bits per heavy atom. The number of benzene rings is 2. The zero-order valence-electron chi connectivity index (χ0n) is 8.38. The van der Waals surface area contributed by atoms with E-state index in [1.807, 2.05) is 0 Å². The van der Waals surface area contributed by atoms with Crippen molar-refractivity contribution in [3.05, 3.63) is 42.0 Å². The van der Waals surface area contributed by atoms with Crippen LogP contribution in [0.2, 0.25) is 0 Å². The summed E-state index contributed by atoms with van der Waals surface area (Å²) in [5, 5.41) is 11.8. The van der Waals surface area contributed by atoms with Crippen LogP contribution in [-0.4, -0.2) is 12.3 Å². The van der Waals surface area contributed by atoms with Crippen LogP contribution in [0.5, 0.6) is 0 Å². The molecule has 4 nitrogen and oxygen atoms in total. The van der Waals surface area contributed by atoms with Gasteiger partial charge in [0.05, 0.1) is 5.69 Å². The highest BCUT2D eigenvalue weighted by Crippen LogP contribution is 2.27. The van der Waals surface area contributed by atoms with E-state index >= 15 is 0 Å². The van der Waals surface area contributed by atoms with E-state index in [4.69, 9.17) is 5.73 Å². The topological polar surface area (TPSA) is 78.5 Å². The van der Waals surface area contributed by atoms with E-state index in [2.05, 4.69) is 4.99 Å². The number of nitrogens with two attached hydrogens (primary N) is 1. The van der Waals surface area contributed by atoms with Crippen molar-refractivity contribution in [1.29, 1.82) is 0 Å². The van der Waals surface area contributed by atoms with E-state index in [9.17, 15) is 9.90 Å². The fourth-order valence-corrected chi connectivity index (χ4v) is 1.68. The van der Waals surface area contributed by atoms with Gasteiger partial charge >= 0.3 is 0 Å². The van der Waals surface area contributed by atoms with Crippen molar-refractivity contribution < 1.29 is 9.90 Å². The third-order valence-corrected chi connectivity index (χ3v) is 2.36. The van der Waals surface area contributed by atoms with Gasteiger partial charge in [-0.3, -0.25) is 9.79 Å². The average Bonchev–Trinajstić information content (AvgIpc) is 2.29. The molecule has 0 unspecified atom stereocenters. The van der Waals surface area contributed by atoms with Gasteiger partial charge in [0.1, 0.15) is 0 Å². The van der Waals surface area contributed by atoms with Crippen molar-refractivity contribution in [2.75, 3.05) is 0 Å². The van der Waals surface area contributed by atoms with E-state index in [1.165, 1.54) is 0 Å². The van der Waals surface area contributed by atoms with Crippen molar-refractivity contribution in [2.24, 2.45) is 10.7 Å². The lowest BCUT2D eigenvalue weighted by molar-refractivity contribution is -0.200. The molecule has 2 rings (SSSR count). The van der Waals surface area contributed by atoms with Crippen LogP contribution < -0.4 is 10.8 Å². The first-order valence-corrected chi connectivity index (χ1v) is 4.70. The zero-order valence-corrected chi connectivity index (χ0v) is 8.38. The molecule has 80 valence electrons. The highest BCUT2D eigenvalue weighted by atomic mass is 16.3. The molecule has 2 aromatic carbocycles. The molecule has 0 aliphatic carbocycles. The Bertz CT molecular complexity index is 576. The Kier molecular flexibility index (Phi) is 2.55. The molecule has 0 spiro atoms. The summed E-state index contributed by atoms with van der Waals surface area (Å²) in [4.78, 5) is 14.9. The number of carbonyl (C=O) groups is 1. The van der Waals surface area contributed by atoms with Gasteiger partial charge in [0, 0.05) is 10.9 Å². The minimum atomic E-state index is -0.492. The summed E-state index contributed by atoms with van der Waals surface area (Å²) < 4.78 is 0. The number of hydrogen-bond acceptors (Lipinski definition) is 3. The third kappa shape index (κ3) is 1.61. The fourth-order valence-electron chi connectivity index (χ4n) is 1.68. The number of carbonyl (C=O) groups excluding carboxylic acids is 1. The van der Waals surface area contributed by atoms with Crippen LogP contribution in [0.4, 0.5) is 5.69 Å². The van der Waals surface area contributed by atoms with E-state index in [-0.39, 0.29) is 0 Å². The molecule has 0 aliphatic heterocycles. The normalized spacial score (nSPS) is 11.0. The Morgan fingerprint density at radius 2 is 1.88 bits per heavy atom. The predicted molar refractivity (Wildman–Crippen MR) is 60.6 cm³/mol. The first kappa shape index (κ1) is 10.2. The largest absolute Gasteiger partial charge is 0.864 e. The van der Waals surface area contributed by atoms with E-state index in [0.717, 1.165) is 5.39 Å². The van der Waals surface area contributed by atoms with Crippen LogP contribution in [0.1, 0.15) is 10.4 Å². The maximum absolute atomic E-state index is 11.2. The summed E-state index contributed by atoms with van der Waals surface area (Å²) in [7, 11) is 0. The van der Waals surface area contributed by atoms with Gasteiger partial charge in [0.25, 0.3) is 0 Å². The number of amides is 1. The second kappa shape index (κ2) is 4.02. The molecule has 2 N–H and O–H groups in total. The molecule has 0 saturated heterocycles. The maximum Gasteiger partial charge on any atom is 0.249 e. The molecule has 2 aromatic rings. The van der Waals surface area contributed by atoms with Crippen LogP contribution >= 0.6 is 0 Å². The second-order valence-corrected chi connectivity index (χ2v) is 3.28. The predicted octanol–water partition coefficient (Wildman–Crippen LogP) is 0.959. The number of hydrogen-bond donors (Lipinski definition) is 1. The van der Waals surface area contributed by atoms with Gasteiger partial charge in [-0.15, -0.1) is 0 Å². The first-order valence-electron chi connectivity index (χ1n) is 4.70. The van der Waals surface area contributed by atoms with Crippen molar-refractivity contribution >= 4 is 28.8 Å². The van der Waals surface area contributed by atoms with Crippen molar-refractivity contribution in [1.82, 2.24) is 0 Å². The van der Waals surface area contributed by atoms with E-state index in [0.29, 0.717) is 23.0 Å². The van der Waals surface area contributed by atoms with Gasteiger partial charge in [-0.25, -0.2) is 0 Å². The minimum Gasteiger partial charge on any atom is -0.864 e. The van der Waals surface area contributed by atoms with Gasteiger partial charge in [0.15, 0.2) is 0 Å². The maximum atomic E-state index is 11.2. The minimum absolute atomic E-state index is 0.431. The van der Waals surface area contributed by atoms with Crippen LogP contribution in [0.25, 0.3) is 10.8 Å². The van der Waals surface area contributed by atoms with Crippen molar-refractivity contribution in [3.8, 4) is 0 Å². The van der Waals surface area contributed by atoms with Gasteiger partial charge < -0.3 is 10.8 Å². The lowest BCUT2D eigenvalue weighted by Gasteiger charge is -2.05. The Hall–Kier alpha value is -2.36. The van der Waals surface area contributed by atoms with Crippen LogP contribution in [-0.2, 0) is 0 Å². The van der Waals surface area contributed by atoms with E-state index in [1.54, 1.807) is 36.4 Å². The molecule has 0 radical (unpaired) electrons. The molecule has 0 atom stereocenters. The lowest BCUT2D eigenvalue weighted by Crippen LogP contribution is -2.11. The third-order valence-electron chi connectivity index (χ3n) is 2.36. The van der Waals surface area contributed by atoms with Gasteiger partial charge in [-0.05, 0) is 17.5 Å². The summed E-state index contributed by atoms with van der Waals surface area (Å²) in [5.41, 5.74) is 6.23. The summed E-state index contributed by atoms with van der Waals surface area (Å²) >= 11 is 0. The average molecular weight is 213 g/mol. The monoisotopic (exact) mass is 213 g/mol. The molecular weight excluding hydrogens is 204 g/mol. The molecule has 0 saturated carbocycles. The second-order valence-electron chi connectivity index (χ2n) is 3.28. The zero-order chi connectivity index (χ0) is 11.5. The van der Waals surface area contributed by atoms with E-state index < -0.39 is 5.91 Å². The smallest absolute Gasteiger partial charge is 0.249 e. The molecule has 4 heteroatoms. The number of nitrogens with zero attached hydrogens (tertiary/aromatic N) is 1. The van der Waals surface area contributed by atoms with Gasteiger partial charge in [-0.1, -0.05) is 30.7 Å². The molecule has 0 aromatic heterocycles.